The van der Waals surface area contributed by atoms with E-state index in [2.05, 4.69) is 5.32 Å². The lowest BCUT2D eigenvalue weighted by atomic mass is 9.84. The number of primary amides is 1. The Balaban J connectivity index is 1.79. The summed E-state index contributed by atoms with van der Waals surface area (Å²) in [5.41, 5.74) is 5.46. The van der Waals surface area contributed by atoms with Crippen LogP contribution in [0.15, 0.2) is 0 Å². The summed E-state index contributed by atoms with van der Waals surface area (Å²) in [5.74, 6) is -1.50. The van der Waals surface area contributed by atoms with Crippen molar-refractivity contribution in [2.75, 3.05) is 26.2 Å². The van der Waals surface area contributed by atoms with Gasteiger partial charge < -0.3 is 25.8 Å². The maximum Gasteiger partial charge on any atom is 0.317 e. The van der Waals surface area contributed by atoms with Crippen LogP contribution in [0.2, 0.25) is 0 Å². The Morgan fingerprint density at radius 3 is 2.42 bits per heavy atom. The summed E-state index contributed by atoms with van der Waals surface area (Å²) < 4.78 is 5.72. The monoisotopic (exact) mass is 369 g/mol. The Labute approximate surface area is 154 Å². The molecule has 2 rings (SSSR count). The van der Waals surface area contributed by atoms with Gasteiger partial charge in [0.15, 0.2) is 0 Å². The van der Waals surface area contributed by atoms with E-state index >= 15 is 0 Å². The van der Waals surface area contributed by atoms with Crippen molar-refractivity contribution >= 4 is 17.9 Å². The number of likely N-dealkylation sites (tertiary alicyclic amines) is 1. The highest BCUT2D eigenvalue weighted by molar-refractivity contribution is 5.78. The number of nitrogens with two attached hydrogens (primary N) is 1. The van der Waals surface area contributed by atoms with E-state index in [-0.39, 0.29) is 42.3 Å². The van der Waals surface area contributed by atoms with Gasteiger partial charge >= 0.3 is 12.0 Å². The zero-order valence-corrected chi connectivity index (χ0v) is 15.6. The molecule has 148 valence electrons. The zero-order chi connectivity index (χ0) is 19.3. The Morgan fingerprint density at radius 2 is 1.88 bits per heavy atom. The van der Waals surface area contributed by atoms with Gasteiger partial charge in [0.2, 0.25) is 5.91 Å². The van der Waals surface area contributed by atoms with Crippen molar-refractivity contribution in [3.63, 3.8) is 0 Å². The van der Waals surface area contributed by atoms with Gasteiger partial charge in [0.25, 0.3) is 0 Å². The number of piperidine rings is 1. The Hall–Kier alpha value is -1.83. The summed E-state index contributed by atoms with van der Waals surface area (Å²) in [7, 11) is 0. The number of aliphatic carboxylic acids is 1. The van der Waals surface area contributed by atoms with E-state index in [9.17, 15) is 19.5 Å². The third kappa shape index (κ3) is 5.33. The number of hydrogen-bond donors (Lipinski definition) is 3. The Kier molecular flexibility index (Phi) is 7.25. The van der Waals surface area contributed by atoms with Crippen LogP contribution in [0.3, 0.4) is 0 Å². The normalized spacial score (nSPS) is 25.3. The van der Waals surface area contributed by atoms with E-state index in [1.165, 1.54) is 0 Å². The van der Waals surface area contributed by atoms with Gasteiger partial charge in [0, 0.05) is 26.2 Å². The van der Waals surface area contributed by atoms with Crippen molar-refractivity contribution in [2.45, 2.75) is 45.6 Å². The van der Waals surface area contributed by atoms with Crippen molar-refractivity contribution in [2.24, 2.45) is 29.4 Å². The van der Waals surface area contributed by atoms with Crippen LogP contribution in [0, 0.1) is 23.7 Å². The first-order valence-corrected chi connectivity index (χ1v) is 9.46. The molecule has 0 aromatic heterocycles. The van der Waals surface area contributed by atoms with Crippen LogP contribution in [-0.2, 0) is 14.3 Å². The summed E-state index contributed by atoms with van der Waals surface area (Å²) in [6.07, 6.45) is 2.59. The topological polar surface area (TPSA) is 122 Å². The van der Waals surface area contributed by atoms with Crippen molar-refractivity contribution in [1.82, 2.24) is 10.2 Å². The molecule has 2 saturated heterocycles. The van der Waals surface area contributed by atoms with Crippen molar-refractivity contribution < 1.29 is 24.2 Å². The Morgan fingerprint density at radius 1 is 1.23 bits per heavy atom. The van der Waals surface area contributed by atoms with E-state index in [4.69, 9.17) is 10.5 Å². The number of nitrogens with zero attached hydrogens (tertiary/aromatic N) is 1. The predicted molar refractivity (Wildman–Crippen MR) is 95.3 cm³/mol. The van der Waals surface area contributed by atoms with E-state index in [1.807, 2.05) is 13.8 Å². The third-order valence-electron chi connectivity index (χ3n) is 5.40. The largest absolute Gasteiger partial charge is 0.481 e. The molecule has 0 aromatic rings. The molecular formula is C18H31N3O5. The van der Waals surface area contributed by atoms with Gasteiger partial charge in [-0.2, -0.15) is 0 Å². The molecule has 26 heavy (non-hydrogen) atoms. The SMILES string of the molecule is CC(C)CC(CNC(=O)N1CCC([C@H]2OCC[C@@H]2C(N)=O)CC1)C(=O)O. The van der Waals surface area contributed by atoms with Gasteiger partial charge in [-0.15, -0.1) is 0 Å². The second kappa shape index (κ2) is 9.21. The fourth-order valence-corrected chi connectivity index (χ4v) is 3.97. The van der Waals surface area contributed by atoms with Gasteiger partial charge in [0.05, 0.1) is 17.9 Å². The van der Waals surface area contributed by atoms with E-state index in [0.717, 1.165) is 12.8 Å². The van der Waals surface area contributed by atoms with Crippen LogP contribution in [0.1, 0.15) is 39.5 Å². The van der Waals surface area contributed by atoms with Crippen molar-refractivity contribution in [1.29, 1.82) is 0 Å². The highest BCUT2D eigenvalue weighted by atomic mass is 16.5. The van der Waals surface area contributed by atoms with Crippen LogP contribution < -0.4 is 11.1 Å². The maximum absolute atomic E-state index is 12.3. The molecule has 4 N–H and O–H groups in total. The number of hydrogen-bond acceptors (Lipinski definition) is 4. The molecule has 0 saturated carbocycles. The van der Waals surface area contributed by atoms with Crippen molar-refractivity contribution in [3.8, 4) is 0 Å². The summed E-state index contributed by atoms with van der Waals surface area (Å²) in [5, 5.41) is 12.0. The molecule has 3 amide bonds. The minimum absolute atomic E-state index is 0.139. The van der Waals surface area contributed by atoms with Crippen LogP contribution in [0.25, 0.3) is 0 Å². The zero-order valence-electron chi connectivity index (χ0n) is 15.6. The number of carboxylic acid groups (broad SMARTS) is 1. The number of carbonyl (C=O) groups excluding carboxylic acids is 2. The molecule has 0 bridgehead atoms. The van der Waals surface area contributed by atoms with Crippen LogP contribution >= 0.6 is 0 Å². The number of carboxylic acids is 1. The van der Waals surface area contributed by atoms with E-state index in [0.29, 0.717) is 32.5 Å². The molecule has 2 aliphatic heterocycles. The van der Waals surface area contributed by atoms with Gasteiger partial charge in [0.1, 0.15) is 0 Å². The molecule has 0 spiro atoms. The number of nitrogens with one attached hydrogen (secondary N) is 1. The summed E-state index contributed by atoms with van der Waals surface area (Å²) in [4.78, 5) is 36.8. The second-order valence-electron chi connectivity index (χ2n) is 7.81. The van der Waals surface area contributed by atoms with Gasteiger partial charge in [-0.25, -0.2) is 4.79 Å². The fraction of sp³-hybridized carbons (Fsp3) is 0.833. The molecule has 8 heteroatoms. The summed E-state index contributed by atoms with van der Waals surface area (Å²) >= 11 is 0. The molecule has 0 radical (unpaired) electrons. The van der Waals surface area contributed by atoms with Crippen molar-refractivity contribution in [3.05, 3.63) is 0 Å². The van der Waals surface area contributed by atoms with Gasteiger partial charge in [-0.05, 0) is 37.5 Å². The highest BCUT2D eigenvalue weighted by Gasteiger charge is 2.39. The first-order valence-electron chi connectivity index (χ1n) is 9.46. The van der Waals surface area contributed by atoms with Crippen LogP contribution in [0.4, 0.5) is 4.79 Å². The summed E-state index contributed by atoms with van der Waals surface area (Å²) in [6.45, 7) is 5.78. The lowest BCUT2D eigenvalue weighted by Crippen LogP contribution is -2.48. The van der Waals surface area contributed by atoms with Crippen LogP contribution in [0.5, 0.6) is 0 Å². The van der Waals surface area contributed by atoms with Gasteiger partial charge in [-0.3, -0.25) is 9.59 Å². The molecule has 0 aromatic carbocycles. The van der Waals surface area contributed by atoms with Crippen LogP contribution in [-0.4, -0.2) is 60.3 Å². The number of urea groups is 1. The smallest absolute Gasteiger partial charge is 0.317 e. The maximum atomic E-state index is 12.3. The minimum Gasteiger partial charge on any atom is -0.481 e. The molecule has 1 unspecified atom stereocenters. The Bertz CT molecular complexity index is 517. The number of ether oxygens (including phenoxy) is 1. The lowest BCUT2D eigenvalue weighted by Gasteiger charge is -2.35. The molecule has 2 fully saturated rings. The highest BCUT2D eigenvalue weighted by Crippen LogP contribution is 2.32. The predicted octanol–water partition coefficient (Wildman–Crippen LogP) is 1.05. The van der Waals surface area contributed by atoms with Gasteiger partial charge in [-0.1, -0.05) is 13.8 Å². The quantitative estimate of drug-likeness (QED) is 0.619. The standard InChI is InChI=1S/C18H31N3O5/c1-11(2)9-13(17(23)24)10-20-18(25)21-6-3-12(4-7-21)15-14(16(19)22)5-8-26-15/h11-15H,3-10H2,1-2H3,(H2,19,22)(H,20,25)(H,23,24)/t13?,14-,15+/m0/s1. The molecule has 8 nitrogen and oxygen atoms in total. The number of rotatable bonds is 7. The average molecular weight is 369 g/mol. The molecule has 3 atom stereocenters. The third-order valence-corrected chi connectivity index (χ3v) is 5.40. The molecule has 2 aliphatic rings. The second-order valence-corrected chi connectivity index (χ2v) is 7.81. The first-order chi connectivity index (χ1) is 12.3. The minimum atomic E-state index is -0.881. The number of carbonyl (C=O) groups is 3. The molecule has 0 aliphatic carbocycles. The number of amides is 3. The lowest BCUT2D eigenvalue weighted by molar-refractivity contribution is -0.142. The molecule has 2 heterocycles. The summed E-state index contributed by atoms with van der Waals surface area (Å²) in [6, 6.07) is -0.225. The van der Waals surface area contributed by atoms with E-state index in [1.54, 1.807) is 4.90 Å². The first kappa shape index (κ1) is 20.5. The molecular weight excluding hydrogens is 338 g/mol. The fourth-order valence-electron chi connectivity index (χ4n) is 3.97. The average Bonchev–Trinajstić information content (AvgIpc) is 3.08. The van der Waals surface area contributed by atoms with E-state index < -0.39 is 11.9 Å².